The Hall–Kier alpha value is -1.72. The molecule has 0 aliphatic carbocycles. The zero-order chi connectivity index (χ0) is 18.0. The van der Waals surface area contributed by atoms with Gasteiger partial charge in [-0.15, -0.1) is 0 Å². The molecule has 3 rings (SSSR count). The first-order valence-corrected chi connectivity index (χ1v) is 9.71. The van der Waals surface area contributed by atoms with Crippen LogP contribution in [0, 0.1) is 0 Å². The zero-order valence-corrected chi connectivity index (χ0v) is 15.7. The summed E-state index contributed by atoms with van der Waals surface area (Å²) in [5, 5.41) is 1.02. The van der Waals surface area contributed by atoms with Crippen molar-refractivity contribution in [3.8, 4) is 11.5 Å². The Balaban J connectivity index is 1.88. The molecular formula is C18H11Cl3O3S. The molecule has 0 N–H and O–H groups in total. The minimum atomic E-state index is -3.78. The highest BCUT2D eigenvalue weighted by molar-refractivity contribution is 7.91. The quantitative estimate of drug-likeness (QED) is 0.506. The van der Waals surface area contributed by atoms with Crippen LogP contribution in [-0.4, -0.2) is 8.42 Å². The third kappa shape index (κ3) is 4.10. The average molecular weight is 414 g/mol. The second-order valence-electron chi connectivity index (χ2n) is 5.11. The highest BCUT2D eigenvalue weighted by atomic mass is 35.5. The molecule has 0 saturated heterocycles. The molecule has 3 aromatic rings. The van der Waals surface area contributed by atoms with Gasteiger partial charge in [0.25, 0.3) is 0 Å². The standard InChI is InChI=1S/C18H11Cl3O3S/c19-12-1-4-14(5-2-12)24-15-6-8-16(9-7-15)25(22,23)18-11-13(20)3-10-17(18)21/h1-11H. The van der Waals surface area contributed by atoms with E-state index in [0.29, 0.717) is 21.5 Å². The molecule has 0 atom stereocenters. The fraction of sp³-hybridized carbons (Fsp3) is 0. The molecule has 25 heavy (non-hydrogen) atoms. The molecular weight excluding hydrogens is 403 g/mol. The summed E-state index contributed by atoms with van der Waals surface area (Å²) < 4.78 is 31.1. The van der Waals surface area contributed by atoms with E-state index in [-0.39, 0.29) is 14.8 Å². The van der Waals surface area contributed by atoms with Crippen LogP contribution in [0.2, 0.25) is 15.1 Å². The topological polar surface area (TPSA) is 43.4 Å². The third-order valence-electron chi connectivity index (χ3n) is 3.37. The smallest absolute Gasteiger partial charge is 0.208 e. The molecule has 0 saturated carbocycles. The summed E-state index contributed by atoms with van der Waals surface area (Å²) in [4.78, 5) is 0.0631. The van der Waals surface area contributed by atoms with E-state index in [0.717, 1.165) is 0 Å². The third-order valence-corrected chi connectivity index (χ3v) is 6.10. The summed E-state index contributed by atoms with van der Waals surface area (Å²) in [5.41, 5.74) is 0. The van der Waals surface area contributed by atoms with Crippen molar-refractivity contribution in [3.63, 3.8) is 0 Å². The van der Waals surface area contributed by atoms with Gasteiger partial charge < -0.3 is 4.74 Å². The van der Waals surface area contributed by atoms with Crippen LogP contribution in [0.15, 0.2) is 76.5 Å². The summed E-state index contributed by atoms with van der Waals surface area (Å²) in [6, 6.07) is 17.2. The molecule has 0 bridgehead atoms. The molecule has 0 aliphatic heterocycles. The maximum atomic E-state index is 12.7. The van der Waals surface area contributed by atoms with Crippen LogP contribution in [-0.2, 0) is 9.84 Å². The van der Waals surface area contributed by atoms with Crippen molar-refractivity contribution in [2.24, 2.45) is 0 Å². The number of benzene rings is 3. The summed E-state index contributed by atoms with van der Waals surface area (Å²) >= 11 is 17.7. The average Bonchev–Trinajstić information content (AvgIpc) is 2.59. The van der Waals surface area contributed by atoms with Gasteiger partial charge in [-0.05, 0) is 66.7 Å². The van der Waals surface area contributed by atoms with Crippen LogP contribution in [0.25, 0.3) is 0 Å². The minimum absolute atomic E-state index is 0.0342. The Kier molecular flexibility index (Phi) is 5.25. The van der Waals surface area contributed by atoms with Crippen molar-refractivity contribution in [3.05, 3.63) is 81.8 Å². The van der Waals surface area contributed by atoms with Crippen molar-refractivity contribution in [2.75, 3.05) is 0 Å². The molecule has 0 amide bonds. The monoisotopic (exact) mass is 412 g/mol. The molecule has 0 aromatic heterocycles. The lowest BCUT2D eigenvalue weighted by molar-refractivity contribution is 0.482. The molecule has 128 valence electrons. The normalized spacial score (nSPS) is 11.3. The lowest BCUT2D eigenvalue weighted by Gasteiger charge is -2.09. The van der Waals surface area contributed by atoms with Gasteiger partial charge in [-0.3, -0.25) is 0 Å². The van der Waals surface area contributed by atoms with Gasteiger partial charge in [0.1, 0.15) is 11.5 Å². The first kappa shape index (κ1) is 18.1. The maximum Gasteiger partial charge on any atom is 0.208 e. The van der Waals surface area contributed by atoms with Crippen molar-refractivity contribution in [1.82, 2.24) is 0 Å². The summed E-state index contributed by atoms with van der Waals surface area (Å²) in [6.07, 6.45) is 0. The second-order valence-corrected chi connectivity index (χ2v) is 8.30. The van der Waals surface area contributed by atoms with Crippen molar-refractivity contribution >= 4 is 44.6 Å². The van der Waals surface area contributed by atoms with Crippen LogP contribution in [0.4, 0.5) is 0 Å². The molecule has 0 radical (unpaired) electrons. The maximum absolute atomic E-state index is 12.7. The number of hydrogen-bond acceptors (Lipinski definition) is 3. The van der Waals surface area contributed by atoms with Crippen molar-refractivity contribution < 1.29 is 13.2 Å². The fourth-order valence-electron chi connectivity index (χ4n) is 2.14. The van der Waals surface area contributed by atoms with Crippen molar-refractivity contribution in [1.29, 1.82) is 0 Å². The van der Waals surface area contributed by atoms with E-state index in [9.17, 15) is 8.42 Å². The van der Waals surface area contributed by atoms with Crippen LogP contribution >= 0.6 is 34.8 Å². The highest BCUT2D eigenvalue weighted by Gasteiger charge is 2.21. The Bertz CT molecular complexity index is 999. The minimum Gasteiger partial charge on any atom is -0.457 e. The Morgan fingerprint density at radius 2 is 1.20 bits per heavy atom. The zero-order valence-electron chi connectivity index (χ0n) is 12.6. The van der Waals surface area contributed by atoms with E-state index in [1.165, 1.54) is 30.3 Å². The largest absolute Gasteiger partial charge is 0.457 e. The summed E-state index contributed by atoms with van der Waals surface area (Å²) in [5.74, 6) is 1.09. The molecule has 3 aromatic carbocycles. The van der Waals surface area contributed by atoms with Gasteiger partial charge in [0, 0.05) is 10.0 Å². The van der Waals surface area contributed by atoms with Crippen molar-refractivity contribution in [2.45, 2.75) is 9.79 Å². The lowest BCUT2D eigenvalue weighted by Crippen LogP contribution is -2.02. The Labute approximate surface area is 160 Å². The Morgan fingerprint density at radius 3 is 1.80 bits per heavy atom. The molecule has 0 aliphatic rings. The number of sulfone groups is 1. The van der Waals surface area contributed by atoms with Crippen LogP contribution in [0.5, 0.6) is 11.5 Å². The Morgan fingerprint density at radius 1 is 0.680 bits per heavy atom. The molecule has 0 fully saturated rings. The van der Waals surface area contributed by atoms with E-state index < -0.39 is 9.84 Å². The number of ether oxygens (including phenoxy) is 1. The van der Waals surface area contributed by atoms with Crippen LogP contribution in [0.1, 0.15) is 0 Å². The molecule has 3 nitrogen and oxygen atoms in total. The van der Waals surface area contributed by atoms with Gasteiger partial charge in [0.15, 0.2) is 0 Å². The van der Waals surface area contributed by atoms with E-state index in [1.807, 2.05) is 0 Å². The SMILES string of the molecule is O=S(=O)(c1ccc(Oc2ccc(Cl)cc2)cc1)c1cc(Cl)ccc1Cl. The predicted molar refractivity (Wildman–Crippen MR) is 99.9 cm³/mol. The van der Waals surface area contributed by atoms with E-state index in [1.54, 1.807) is 36.4 Å². The van der Waals surface area contributed by atoms with Gasteiger partial charge >= 0.3 is 0 Å². The number of hydrogen-bond donors (Lipinski definition) is 0. The van der Waals surface area contributed by atoms with Gasteiger partial charge in [-0.1, -0.05) is 34.8 Å². The summed E-state index contributed by atoms with van der Waals surface area (Å²) in [6.45, 7) is 0. The summed E-state index contributed by atoms with van der Waals surface area (Å²) in [7, 11) is -3.78. The van der Waals surface area contributed by atoms with Gasteiger partial charge in [0.2, 0.25) is 9.84 Å². The lowest BCUT2D eigenvalue weighted by atomic mass is 10.3. The fourth-order valence-corrected chi connectivity index (χ4v) is 4.28. The van der Waals surface area contributed by atoms with Crippen LogP contribution in [0.3, 0.4) is 0 Å². The van der Waals surface area contributed by atoms with E-state index in [4.69, 9.17) is 39.5 Å². The number of halogens is 3. The number of rotatable bonds is 4. The van der Waals surface area contributed by atoms with Gasteiger partial charge in [0.05, 0.1) is 14.8 Å². The van der Waals surface area contributed by atoms with Gasteiger partial charge in [-0.25, -0.2) is 8.42 Å². The molecule has 0 unspecified atom stereocenters. The highest BCUT2D eigenvalue weighted by Crippen LogP contribution is 2.31. The second kappa shape index (κ2) is 7.26. The van der Waals surface area contributed by atoms with Crippen LogP contribution < -0.4 is 4.74 Å². The molecule has 0 heterocycles. The van der Waals surface area contributed by atoms with E-state index in [2.05, 4.69) is 0 Å². The molecule has 7 heteroatoms. The first-order chi connectivity index (χ1) is 11.9. The van der Waals surface area contributed by atoms with E-state index >= 15 is 0 Å². The van der Waals surface area contributed by atoms with Gasteiger partial charge in [-0.2, -0.15) is 0 Å². The molecule has 0 spiro atoms. The predicted octanol–water partition coefficient (Wildman–Crippen LogP) is 6.27. The first-order valence-electron chi connectivity index (χ1n) is 7.10.